The van der Waals surface area contributed by atoms with Crippen LogP contribution in [0.15, 0.2) is 42.5 Å². The van der Waals surface area contributed by atoms with E-state index in [1.807, 2.05) is 42.5 Å². The quantitative estimate of drug-likeness (QED) is 0.871. The number of carbonyl (C=O) groups is 1. The molecular weight excluding hydrogens is 224 g/mol. The van der Waals surface area contributed by atoms with Crippen molar-refractivity contribution in [3.05, 3.63) is 42.5 Å². The van der Waals surface area contributed by atoms with Crippen LogP contribution >= 0.6 is 0 Å². The van der Waals surface area contributed by atoms with Gasteiger partial charge in [-0.1, -0.05) is 30.3 Å². The van der Waals surface area contributed by atoms with Crippen molar-refractivity contribution in [3.63, 3.8) is 0 Å². The Bertz CT molecular complexity index is 665. The fourth-order valence-electron chi connectivity index (χ4n) is 2.03. The van der Waals surface area contributed by atoms with Crippen molar-refractivity contribution in [2.24, 2.45) is 5.41 Å². The number of amides is 1. The summed E-state index contributed by atoms with van der Waals surface area (Å²) in [6, 6.07) is 15.8. The molecule has 0 unspecified atom stereocenters. The Morgan fingerprint density at radius 3 is 2.56 bits per heavy atom. The van der Waals surface area contributed by atoms with E-state index in [-0.39, 0.29) is 5.91 Å². The number of hydrogen-bond acceptors (Lipinski definition) is 2. The summed E-state index contributed by atoms with van der Waals surface area (Å²) in [6.07, 6.45) is 1.34. The van der Waals surface area contributed by atoms with E-state index in [4.69, 9.17) is 5.26 Å². The van der Waals surface area contributed by atoms with Crippen LogP contribution < -0.4 is 5.32 Å². The van der Waals surface area contributed by atoms with Crippen LogP contribution in [-0.4, -0.2) is 5.91 Å². The second-order valence-electron chi connectivity index (χ2n) is 4.71. The highest BCUT2D eigenvalue weighted by molar-refractivity contribution is 6.00. The molecule has 1 aliphatic carbocycles. The monoisotopic (exact) mass is 236 g/mol. The van der Waals surface area contributed by atoms with Gasteiger partial charge in [-0.15, -0.1) is 0 Å². The normalized spacial score (nSPS) is 15.9. The van der Waals surface area contributed by atoms with Crippen molar-refractivity contribution in [2.75, 3.05) is 5.32 Å². The molecule has 0 aliphatic heterocycles. The predicted molar refractivity (Wildman–Crippen MR) is 69.9 cm³/mol. The minimum Gasteiger partial charge on any atom is -0.325 e. The highest BCUT2D eigenvalue weighted by Crippen LogP contribution is 2.45. The Morgan fingerprint density at radius 2 is 1.89 bits per heavy atom. The fourth-order valence-corrected chi connectivity index (χ4v) is 2.03. The van der Waals surface area contributed by atoms with E-state index < -0.39 is 5.41 Å². The first-order valence-electron chi connectivity index (χ1n) is 5.95. The molecule has 0 aromatic heterocycles. The van der Waals surface area contributed by atoms with Crippen LogP contribution in [0.3, 0.4) is 0 Å². The Morgan fingerprint density at radius 1 is 1.17 bits per heavy atom. The minimum atomic E-state index is -0.772. The van der Waals surface area contributed by atoms with Crippen LogP contribution in [0.1, 0.15) is 12.8 Å². The molecule has 3 heteroatoms. The molecule has 18 heavy (non-hydrogen) atoms. The lowest BCUT2D eigenvalue weighted by Crippen LogP contribution is -2.22. The molecule has 1 saturated carbocycles. The van der Waals surface area contributed by atoms with E-state index in [0.29, 0.717) is 12.8 Å². The van der Waals surface area contributed by atoms with Gasteiger partial charge in [0.2, 0.25) is 5.91 Å². The average Bonchev–Trinajstić information content (AvgIpc) is 3.19. The lowest BCUT2D eigenvalue weighted by molar-refractivity contribution is -0.119. The van der Waals surface area contributed by atoms with Gasteiger partial charge in [-0.3, -0.25) is 4.79 Å². The SMILES string of the molecule is N#CC1(C(=O)Nc2ccc3ccccc3c2)CC1. The first-order valence-corrected chi connectivity index (χ1v) is 5.95. The van der Waals surface area contributed by atoms with E-state index in [1.54, 1.807) is 0 Å². The Kier molecular flexibility index (Phi) is 2.31. The molecule has 2 aromatic carbocycles. The first kappa shape index (κ1) is 10.8. The van der Waals surface area contributed by atoms with Crippen LogP contribution in [0.25, 0.3) is 10.8 Å². The third-order valence-corrected chi connectivity index (χ3v) is 3.41. The van der Waals surface area contributed by atoms with Gasteiger partial charge in [-0.25, -0.2) is 0 Å². The topological polar surface area (TPSA) is 52.9 Å². The standard InChI is InChI=1S/C15H12N2O/c16-10-15(7-8-15)14(18)17-13-6-5-11-3-1-2-4-12(11)9-13/h1-6,9H,7-8H2,(H,17,18). The van der Waals surface area contributed by atoms with Gasteiger partial charge in [0, 0.05) is 5.69 Å². The summed E-state index contributed by atoms with van der Waals surface area (Å²) in [4.78, 5) is 11.9. The number of nitriles is 1. The molecule has 0 atom stereocenters. The Balaban J connectivity index is 1.87. The molecule has 1 fully saturated rings. The molecule has 1 amide bonds. The Hall–Kier alpha value is -2.34. The lowest BCUT2D eigenvalue weighted by atomic mass is 10.1. The minimum absolute atomic E-state index is 0.180. The van der Waals surface area contributed by atoms with Gasteiger partial charge in [-0.2, -0.15) is 5.26 Å². The van der Waals surface area contributed by atoms with Crippen LogP contribution in [-0.2, 0) is 4.79 Å². The van der Waals surface area contributed by atoms with Gasteiger partial charge in [0.05, 0.1) is 6.07 Å². The second kappa shape index (κ2) is 3.85. The summed E-state index contributed by atoms with van der Waals surface area (Å²) >= 11 is 0. The molecule has 0 spiro atoms. The lowest BCUT2D eigenvalue weighted by Gasteiger charge is -2.09. The number of benzene rings is 2. The molecule has 1 aliphatic rings. The van der Waals surface area contributed by atoms with Crippen molar-refractivity contribution in [1.82, 2.24) is 0 Å². The van der Waals surface area contributed by atoms with E-state index in [0.717, 1.165) is 16.5 Å². The number of rotatable bonds is 2. The maximum absolute atomic E-state index is 11.9. The summed E-state index contributed by atoms with van der Waals surface area (Å²) in [5, 5.41) is 14.0. The van der Waals surface area contributed by atoms with Crippen molar-refractivity contribution < 1.29 is 4.79 Å². The van der Waals surface area contributed by atoms with Gasteiger partial charge >= 0.3 is 0 Å². The van der Waals surface area contributed by atoms with Crippen LogP contribution in [0.2, 0.25) is 0 Å². The highest BCUT2D eigenvalue weighted by atomic mass is 16.2. The van der Waals surface area contributed by atoms with E-state index in [9.17, 15) is 4.79 Å². The molecule has 0 saturated heterocycles. The molecule has 1 N–H and O–H groups in total. The summed E-state index contributed by atoms with van der Waals surface area (Å²) in [5.41, 5.74) is -0.0220. The van der Waals surface area contributed by atoms with E-state index in [1.165, 1.54) is 0 Å². The molecule has 3 nitrogen and oxygen atoms in total. The van der Waals surface area contributed by atoms with Crippen LogP contribution in [0.5, 0.6) is 0 Å². The molecule has 3 rings (SSSR count). The molecule has 0 bridgehead atoms. The molecule has 0 radical (unpaired) electrons. The van der Waals surface area contributed by atoms with Gasteiger partial charge in [-0.05, 0) is 35.7 Å². The van der Waals surface area contributed by atoms with Gasteiger partial charge < -0.3 is 5.32 Å². The van der Waals surface area contributed by atoms with E-state index >= 15 is 0 Å². The van der Waals surface area contributed by atoms with Crippen molar-refractivity contribution in [3.8, 4) is 6.07 Å². The average molecular weight is 236 g/mol. The maximum Gasteiger partial charge on any atom is 0.244 e. The smallest absolute Gasteiger partial charge is 0.244 e. The van der Waals surface area contributed by atoms with Crippen molar-refractivity contribution in [2.45, 2.75) is 12.8 Å². The summed E-state index contributed by atoms with van der Waals surface area (Å²) in [7, 11) is 0. The first-order chi connectivity index (χ1) is 8.73. The van der Waals surface area contributed by atoms with Crippen molar-refractivity contribution in [1.29, 1.82) is 5.26 Å². The maximum atomic E-state index is 11.9. The molecule has 88 valence electrons. The number of anilines is 1. The highest BCUT2D eigenvalue weighted by Gasteiger charge is 2.50. The number of hydrogen-bond donors (Lipinski definition) is 1. The van der Waals surface area contributed by atoms with Crippen LogP contribution in [0.4, 0.5) is 5.69 Å². The fraction of sp³-hybridized carbons (Fsp3) is 0.200. The zero-order chi connectivity index (χ0) is 12.6. The molecular formula is C15H12N2O. The third-order valence-electron chi connectivity index (χ3n) is 3.41. The number of nitrogens with one attached hydrogen (secondary N) is 1. The largest absolute Gasteiger partial charge is 0.325 e. The summed E-state index contributed by atoms with van der Waals surface area (Å²) in [5.74, 6) is -0.180. The second-order valence-corrected chi connectivity index (χ2v) is 4.71. The number of fused-ring (bicyclic) bond motifs is 1. The number of carbonyl (C=O) groups excluding carboxylic acids is 1. The van der Waals surface area contributed by atoms with Gasteiger partial charge in [0.25, 0.3) is 0 Å². The van der Waals surface area contributed by atoms with Gasteiger partial charge in [0.1, 0.15) is 5.41 Å². The zero-order valence-corrected chi connectivity index (χ0v) is 9.81. The van der Waals surface area contributed by atoms with Crippen LogP contribution in [0, 0.1) is 16.7 Å². The number of nitrogens with zero attached hydrogens (tertiary/aromatic N) is 1. The Labute approximate surface area is 105 Å². The summed E-state index contributed by atoms with van der Waals surface area (Å²) in [6.45, 7) is 0. The summed E-state index contributed by atoms with van der Waals surface area (Å²) < 4.78 is 0. The van der Waals surface area contributed by atoms with Gasteiger partial charge in [0.15, 0.2) is 0 Å². The predicted octanol–water partition coefficient (Wildman–Crippen LogP) is 3.08. The molecule has 2 aromatic rings. The van der Waals surface area contributed by atoms with E-state index in [2.05, 4.69) is 11.4 Å². The van der Waals surface area contributed by atoms with Crippen molar-refractivity contribution >= 4 is 22.4 Å². The third kappa shape index (κ3) is 1.72. The zero-order valence-electron chi connectivity index (χ0n) is 9.81. The molecule has 0 heterocycles.